The van der Waals surface area contributed by atoms with E-state index in [-0.39, 0.29) is 5.56 Å². The first-order valence-corrected chi connectivity index (χ1v) is 8.80. The first kappa shape index (κ1) is 15.7. The molecule has 3 heterocycles. The number of tetrazole rings is 1. The Balaban J connectivity index is 1.62. The molecule has 1 fully saturated rings. The fourth-order valence-corrected chi connectivity index (χ4v) is 3.36. The van der Waals surface area contributed by atoms with Crippen molar-refractivity contribution in [2.75, 3.05) is 0 Å². The molecule has 1 N–H and O–H groups in total. The van der Waals surface area contributed by atoms with E-state index in [9.17, 15) is 4.79 Å². The molecule has 0 spiro atoms. The Morgan fingerprint density at radius 1 is 1.15 bits per heavy atom. The van der Waals surface area contributed by atoms with Crippen LogP contribution in [0.15, 0.2) is 53.7 Å². The van der Waals surface area contributed by atoms with Crippen molar-refractivity contribution in [3.63, 3.8) is 0 Å². The largest absolute Gasteiger partial charge is 0.318 e. The molecule has 1 aliphatic carbocycles. The molecule has 0 aliphatic heterocycles. The van der Waals surface area contributed by atoms with E-state index in [1.807, 2.05) is 47.5 Å². The van der Waals surface area contributed by atoms with Crippen LogP contribution in [0.2, 0.25) is 0 Å². The Hall–Kier alpha value is -3.55. The molecule has 1 saturated carbocycles. The predicted octanol–water partition coefficient (Wildman–Crippen LogP) is 2.30. The first-order valence-electron chi connectivity index (χ1n) is 8.80. The lowest BCUT2D eigenvalue weighted by Crippen LogP contribution is -2.16. The van der Waals surface area contributed by atoms with Gasteiger partial charge in [0.05, 0.1) is 11.9 Å². The van der Waals surface area contributed by atoms with Crippen molar-refractivity contribution < 1.29 is 0 Å². The summed E-state index contributed by atoms with van der Waals surface area (Å²) < 4.78 is 3.43. The van der Waals surface area contributed by atoms with Gasteiger partial charge in [-0.2, -0.15) is 5.10 Å². The highest BCUT2D eigenvalue weighted by Crippen LogP contribution is 2.43. The average molecular weight is 359 g/mol. The van der Waals surface area contributed by atoms with Gasteiger partial charge >= 0.3 is 0 Å². The van der Waals surface area contributed by atoms with Crippen molar-refractivity contribution in [3.8, 4) is 28.2 Å². The second-order valence-corrected chi connectivity index (χ2v) is 6.81. The molecule has 4 aromatic rings. The molecule has 0 amide bonds. The maximum Gasteiger partial charge on any atom is 0.250 e. The minimum atomic E-state index is 0.0243. The lowest BCUT2D eigenvalue weighted by Gasteiger charge is -2.09. The van der Waals surface area contributed by atoms with Gasteiger partial charge in [-0.25, -0.2) is 9.78 Å². The molecule has 5 rings (SSSR count). The molecule has 8 heteroatoms. The molecule has 1 aromatic carbocycles. The molecule has 134 valence electrons. The van der Waals surface area contributed by atoms with E-state index >= 15 is 0 Å². The van der Waals surface area contributed by atoms with Gasteiger partial charge in [0, 0.05) is 42.2 Å². The van der Waals surface area contributed by atoms with Gasteiger partial charge in [-0.3, -0.25) is 4.79 Å². The molecule has 0 atom stereocenters. The van der Waals surface area contributed by atoms with Crippen LogP contribution in [0.3, 0.4) is 0 Å². The third-order valence-corrected chi connectivity index (χ3v) is 4.92. The summed E-state index contributed by atoms with van der Waals surface area (Å²) in [7, 11) is 1.78. The van der Waals surface area contributed by atoms with Gasteiger partial charge in [0.1, 0.15) is 0 Å². The van der Waals surface area contributed by atoms with Crippen molar-refractivity contribution in [1.29, 1.82) is 0 Å². The predicted molar refractivity (Wildman–Crippen MR) is 99.4 cm³/mol. The van der Waals surface area contributed by atoms with Crippen LogP contribution in [0.1, 0.15) is 24.3 Å². The zero-order valence-electron chi connectivity index (χ0n) is 14.7. The SMILES string of the molecule is Cn1cc(-c2cnn(-c3ccccc3-c3nnn[nH]3)c2)c(C2CC2)cc1=O. The highest BCUT2D eigenvalue weighted by atomic mass is 16.1. The van der Waals surface area contributed by atoms with Gasteiger partial charge < -0.3 is 4.57 Å². The summed E-state index contributed by atoms with van der Waals surface area (Å²) in [6, 6.07) is 9.56. The Morgan fingerprint density at radius 2 is 2.00 bits per heavy atom. The molecule has 3 aromatic heterocycles. The number of nitrogens with one attached hydrogen (secondary N) is 1. The van der Waals surface area contributed by atoms with Crippen LogP contribution >= 0.6 is 0 Å². The maximum atomic E-state index is 12.1. The number of aromatic nitrogens is 7. The van der Waals surface area contributed by atoms with Crippen molar-refractivity contribution in [1.82, 2.24) is 35.0 Å². The van der Waals surface area contributed by atoms with Crippen LogP contribution < -0.4 is 5.56 Å². The molecule has 0 bridgehead atoms. The number of H-pyrrole nitrogens is 1. The van der Waals surface area contributed by atoms with Crippen LogP contribution in [0.4, 0.5) is 0 Å². The standard InChI is InChI=1S/C19H17N7O/c1-25-11-16(15(8-18(25)27)12-6-7-12)13-9-20-26(10-13)17-5-3-2-4-14(17)19-21-23-24-22-19/h2-5,8-12H,6-7H2,1H3,(H,21,22,23,24). The number of pyridine rings is 1. The third-order valence-electron chi connectivity index (χ3n) is 4.92. The topological polar surface area (TPSA) is 94.3 Å². The zero-order valence-corrected chi connectivity index (χ0v) is 14.7. The number of aryl methyl sites for hydroxylation is 1. The Labute approximate surface area is 154 Å². The summed E-state index contributed by atoms with van der Waals surface area (Å²) >= 11 is 0. The number of aromatic amines is 1. The van der Waals surface area contributed by atoms with Crippen molar-refractivity contribution in [2.24, 2.45) is 7.05 Å². The van der Waals surface area contributed by atoms with Crippen LogP contribution in [-0.4, -0.2) is 35.0 Å². The molecule has 27 heavy (non-hydrogen) atoms. The van der Waals surface area contributed by atoms with Gasteiger partial charge in [-0.05, 0) is 46.9 Å². The smallest absolute Gasteiger partial charge is 0.250 e. The summed E-state index contributed by atoms with van der Waals surface area (Å²) in [4.78, 5) is 12.1. The first-order chi connectivity index (χ1) is 13.2. The van der Waals surface area contributed by atoms with Gasteiger partial charge in [0.15, 0.2) is 5.82 Å². The van der Waals surface area contributed by atoms with E-state index in [4.69, 9.17) is 0 Å². The highest BCUT2D eigenvalue weighted by Gasteiger charge is 2.27. The van der Waals surface area contributed by atoms with Gasteiger partial charge in [-0.15, -0.1) is 5.10 Å². The number of benzene rings is 1. The third kappa shape index (κ3) is 2.75. The van der Waals surface area contributed by atoms with Gasteiger partial charge in [0.2, 0.25) is 0 Å². The van der Waals surface area contributed by atoms with E-state index in [2.05, 4.69) is 25.7 Å². The van der Waals surface area contributed by atoms with Crippen molar-refractivity contribution in [3.05, 3.63) is 64.8 Å². The lowest BCUT2D eigenvalue weighted by molar-refractivity contribution is 0.852. The van der Waals surface area contributed by atoms with E-state index in [1.165, 1.54) is 0 Å². The zero-order chi connectivity index (χ0) is 18.4. The number of rotatable bonds is 4. The van der Waals surface area contributed by atoms with Gasteiger partial charge in [-0.1, -0.05) is 12.1 Å². The molecular formula is C19H17N7O. The summed E-state index contributed by atoms with van der Waals surface area (Å²) in [6.07, 6.45) is 7.99. The Bertz CT molecular complexity index is 1170. The minimum absolute atomic E-state index is 0.0243. The fraction of sp³-hybridized carbons (Fsp3) is 0.211. The van der Waals surface area contributed by atoms with E-state index < -0.39 is 0 Å². The van der Waals surface area contributed by atoms with Crippen LogP contribution in [0.25, 0.3) is 28.2 Å². The van der Waals surface area contributed by atoms with E-state index in [1.54, 1.807) is 17.7 Å². The Kier molecular flexibility index (Phi) is 3.49. The minimum Gasteiger partial charge on any atom is -0.318 e. The Morgan fingerprint density at radius 3 is 2.78 bits per heavy atom. The molecule has 0 unspecified atom stereocenters. The molecule has 1 aliphatic rings. The second kappa shape index (κ2) is 6.01. The molecule has 0 saturated heterocycles. The number of nitrogens with zero attached hydrogens (tertiary/aromatic N) is 6. The van der Waals surface area contributed by atoms with E-state index in [0.29, 0.717) is 11.7 Å². The maximum absolute atomic E-state index is 12.1. The lowest BCUT2D eigenvalue weighted by atomic mass is 10.0. The normalized spacial score (nSPS) is 13.8. The fourth-order valence-electron chi connectivity index (χ4n) is 3.36. The van der Waals surface area contributed by atoms with Crippen LogP contribution in [0, 0.1) is 0 Å². The quantitative estimate of drug-likeness (QED) is 0.603. The number of hydrogen-bond donors (Lipinski definition) is 1. The molecule has 8 nitrogen and oxygen atoms in total. The molecule has 0 radical (unpaired) electrons. The summed E-state index contributed by atoms with van der Waals surface area (Å²) in [6.45, 7) is 0. The number of hydrogen-bond acceptors (Lipinski definition) is 5. The number of para-hydroxylation sites is 1. The summed E-state index contributed by atoms with van der Waals surface area (Å²) in [5.74, 6) is 1.06. The van der Waals surface area contributed by atoms with Crippen LogP contribution in [0.5, 0.6) is 0 Å². The highest BCUT2D eigenvalue weighted by molar-refractivity contribution is 5.70. The average Bonchev–Trinajstić information content (AvgIpc) is 3.18. The van der Waals surface area contributed by atoms with Crippen molar-refractivity contribution >= 4 is 0 Å². The van der Waals surface area contributed by atoms with Crippen LogP contribution in [-0.2, 0) is 7.05 Å². The molecular weight excluding hydrogens is 342 g/mol. The van der Waals surface area contributed by atoms with Crippen molar-refractivity contribution in [2.45, 2.75) is 18.8 Å². The summed E-state index contributed by atoms with van der Waals surface area (Å²) in [5, 5.41) is 18.7. The monoisotopic (exact) mass is 359 g/mol. The second-order valence-electron chi connectivity index (χ2n) is 6.81. The summed E-state index contributed by atoms with van der Waals surface area (Å²) in [5.41, 5.74) is 4.92. The van der Waals surface area contributed by atoms with Gasteiger partial charge in [0.25, 0.3) is 5.56 Å². The van der Waals surface area contributed by atoms with E-state index in [0.717, 1.165) is 40.8 Å².